The number of ether oxygens (including phenoxy) is 1. The molecule has 7 heteroatoms. The normalized spacial score (nSPS) is 12.8. The molecule has 0 aliphatic heterocycles. The van der Waals surface area contributed by atoms with Gasteiger partial charge in [0, 0.05) is 19.8 Å². The van der Waals surface area contributed by atoms with E-state index in [1.165, 1.54) is 6.26 Å². The monoisotopic (exact) mass is 351 g/mol. The molecule has 0 saturated carbocycles. The molecule has 2 aromatic rings. The van der Waals surface area contributed by atoms with Crippen molar-refractivity contribution in [2.24, 2.45) is 0 Å². The molecule has 2 rings (SSSR count). The third-order valence-electron chi connectivity index (χ3n) is 3.62. The highest BCUT2D eigenvalue weighted by Gasteiger charge is 2.14. The molecule has 0 aliphatic carbocycles. The first-order valence-electron chi connectivity index (χ1n) is 7.52. The summed E-state index contributed by atoms with van der Waals surface area (Å²) in [6.45, 7) is 0.329. The van der Waals surface area contributed by atoms with Crippen LogP contribution in [0.15, 0.2) is 52.0 Å². The van der Waals surface area contributed by atoms with Crippen LogP contribution in [0, 0.1) is 0 Å². The van der Waals surface area contributed by atoms with Crippen molar-refractivity contribution in [1.29, 1.82) is 0 Å². The Morgan fingerprint density at radius 3 is 2.50 bits per heavy atom. The Hall–Kier alpha value is -2.12. The van der Waals surface area contributed by atoms with Gasteiger partial charge in [-0.15, -0.1) is 0 Å². The molecule has 1 heterocycles. The minimum atomic E-state index is -3.20. The highest BCUT2D eigenvalue weighted by molar-refractivity contribution is 7.90. The quantitative estimate of drug-likeness (QED) is 0.787. The molecule has 1 aromatic carbocycles. The van der Waals surface area contributed by atoms with E-state index in [1.807, 2.05) is 0 Å². The summed E-state index contributed by atoms with van der Waals surface area (Å²) in [5, 5.41) is 2.81. The number of methoxy groups -OCH3 is 1. The molecule has 24 heavy (non-hydrogen) atoms. The van der Waals surface area contributed by atoms with Gasteiger partial charge >= 0.3 is 0 Å². The first-order chi connectivity index (χ1) is 11.4. The minimum Gasteiger partial charge on any atom is -0.467 e. The third-order valence-corrected chi connectivity index (χ3v) is 4.75. The Kier molecular flexibility index (Phi) is 6.16. The number of furan rings is 1. The van der Waals surface area contributed by atoms with Gasteiger partial charge in [0.2, 0.25) is 5.91 Å². The highest BCUT2D eigenvalue weighted by atomic mass is 32.2. The number of carbonyl (C=O) groups excluding carboxylic acids is 1. The van der Waals surface area contributed by atoms with E-state index in [1.54, 1.807) is 49.8 Å². The lowest BCUT2D eigenvalue weighted by atomic mass is 10.1. The topological polar surface area (TPSA) is 85.6 Å². The molecule has 0 spiro atoms. The van der Waals surface area contributed by atoms with Gasteiger partial charge in [-0.1, -0.05) is 12.1 Å². The maximum Gasteiger partial charge on any atom is 0.220 e. The predicted octanol–water partition coefficient (Wildman–Crippen LogP) is 2.12. The van der Waals surface area contributed by atoms with Gasteiger partial charge in [-0.05, 0) is 36.2 Å². The zero-order valence-electron chi connectivity index (χ0n) is 13.7. The van der Waals surface area contributed by atoms with Gasteiger partial charge in [0.25, 0.3) is 0 Å². The molecule has 0 fully saturated rings. The highest BCUT2D eigenvalue weighted by Crippen LogP contribution is 2.16. The molecule has 1 amide bonds. The van der Waals surface area contributed by atoms with Crippen molar-refractivity contribution in [2.75, 3.05) is 19.9 Å². The van der Waals surface area contributed by atoms with Gasteiger partial charge in [0.1, 0.15) is 11.9 Å². The lowest BCUT2D eigenvalue weighted by Gasteiger charge is -2.13. The predicted molar refractivity (Wildman–Crippen MR) is 89.3 cm³/mol. The Morgan fingerprint density at radius 1 is 1.25 bits per heavy atom. The van der Waals surface area contributed by atoms with Crippen LogP contribution in [0.1, 0.15) is 23.8 Å². The number of sulfone groups is 1. The van der Waals surface area contributed by atoms with Crippen LogP contribution >= 0.6 is 0 Å². The second-order valence-corrected chi connectivity index (χ2v) is 7.48. The molecule has 0 unspecified atom stereocenters. The summed E-state index contributed by atoms with van der Waals surface area (Å²) >= 11 is 0. The second kappa shape index (κ2) is 8.12. The molecule has 0 aliphatic rings. The van der Waals surface area contributed by atoms with E-state index in [-0.39, 0.29) is 16.9 Å². The van der Waals surface area contributed by atoms with Crippen LogP contribution < -0.4 is 5.32 Å². The summed E-state index contributed by atoms with van der Waals surface area (Å²) in [5.41, 5.74) is 0.909. The van der Waals surface area contributed by atoms with Crippen molar-refractivity contribution < 1.29 is 22.4 Å². The first-order valence-corrected chi connectivity index (χ1v) is 9.41. The van der Waals surface area contributed by atoms with Crippen LogP contribution in [0.25, 0.3) is 0 Å². The smallest absolute Gasteiger partial charge is 0.220 e. The number of benzene rings is 1. The summed E-state index contributed by atoms with van der Waals surface area (Å²) in [6, 6.07) is 10.1. The summed E-state index contributed by atoms with van der Waals surface area (Å²) in [7, 11) is -1.64. The maximum atomic E-state index is 11.9. The molecular formula is C17H21NO5S. The van der Waals surface area contributed by atoms with E-state index in [0.717, 1.165) is 5.56 Å². The molecule has 130 valence electrons. The number of hydrogen-bond donors (Lipinski definition) is 1. The van der Waals surface area contributed by atoms with E-state index >= 15 is 0 Å². The van der Waals surface area contributed by atoms with Crippen LogP contribution in [0.2, 0.25) is 0 Å². The van der Waals surface area contributed by atoms with Crippen molar-refractivity contribution in [2.45, 2.75) is 23.8 Å². The number of amides is 1. The lowest BCUT2D eigenvalue weighted by molar-refractivity contribution is -0.121. The Labute approximate surface area is 141 Å². The number of rotatable bonds is 8. The molecule has 0 saturated heterocycles. The zero-order chi connectivity index (χ0) is 17.6. The second-order valence-electron chi connectivity index (χ2n) is 5.46. The Bertz CT molecular complexity index is 751. The van der Waals surface area contributed by atoms with E-state index in [4.69, 9.17) is 9.15 Å². The van der Waals surface area contributed by atoms with Gasteiger partial charge in [0.15, 0.2) is 9.84 Å². The van der Waals surface area contributed by atoms with Gasteiger partial charge in [-0.3, -0.25) is 4.79 Å². The first kappa shape index (κ1) is 18.2. The van der Waals surface area contributed by atoms with Gasteiger partial charge < -0.3 is 14.5 Å². The molecule has 0 radical (unpaired) electrons. The third kappa shape index (κ3) is 5.21. The largest absolute Gasteiger partial charge is 0.467 e. The van der Waals surface area contributed by atoms with Crippen LogP contribution in [-0.4, -0.2) is 34.2 Å². The summed E-state index contributed by atoms with van der Waals surface area (Å²) in [6.07, 6.45) is 3.25. The van der Waals surface area contributed by atoms with Gasteiger partial charge in [-0.2, -0.15) is 0 Å². The molecule has 1 aromatic heterocycles. The molecule has 6 nitrogen and oxygen atoms in total. The van der Waals surface area contributed by atoms with Crippen LogP contribution in [0.4, 0.5) is 0 Å². The summed E-state index contributed by atoms with van der Waals surface area (Å²) in [5.74, 6) is 0.560. The van der Waals surface area contributed by atoms with Crippen LogP contribution in [0.3, 0.4) is 0 Å². The SMILES string of the molecule is CO[C@@H](CNC(=O)CCc1ccc(S(C)(=O)=O)cc1)c1ccco1. The maximum absolute atomic E-state index is 11.9. The number of carbonyl (C=O) groups is 1. The van der Waals surface area contributed by atoms with Crippen molar-refractivity contribution in [3.05, 3.63) is 54.0 Å². The lowest BCUT2D eigenvalue weighted by Crippen LogP contribution is -2.29. The summed E-state index contributed by atoms with van der Waals surface area (Å²) in [4.78, 5) is 12.2. The average Bonchev–Trinajstić information content (AvgIpc) is 3.07. The Morgan fingerprint density at radius 2 is 1.96 bits per heavy atom. The number of aryl methyl sites for hydroxylation is 1. The van der Waals surface area contributed by atoms with Crippen molar-refractivity contribution >= 4 is 15.7 Å². The molecule has 1 atom stereocenters. The van der Waals surface area contributed by atoms with Crippen LogP contribution in [0.5, 0.6) is 0 Å². The fraction of sp³-hybridized carbons (Fsp3) is 0.353. The van der Waals surface area contributed by atoms with Crippen molar-refractivity contribution in [3.8, 4) is 0 Å². The number of hydrogen-bond acceptors (Lipinski definition) is 5. The van der Waals surface area contributed by atoms with Gasteiger partial charge in [-0.25, -0.2) is 8.42 Å². The number of nitrogens with one attached hydrogen (secondary N) is 1. The van der Waals surface area contributed by atoms with Crippen LogP contribution in [-0.2, 0) is 25.8 Å². The minimum absolute atomic E-state index is 0.101. The fourth-order valence-corrected chi connectivity index (χ4v) is 2.86. The fourth-order valence-electron chi connectivity index (χ4n) is 2.23. The van der Waals surface area contributed by atoms with E-state index in [9.17, 15) is 13.2 Å². The Balaban J connectivity index is 1.80. The summed E-state index contributed by atoms with van der Waals surface area (Å²) < 4.78 is 33.4. The van der Waals surface area contributed by atoms with E-state index in [2.05, 4.69) is 5.32 Å². The molecular weight excluding hydrogens is 330 g/mol. The van der Waals surface area contributed by atoms with E-state index < -0.39 is 9.84 Å². The van der Waals surface area contributed by atoms with E-state index in [0.29, 0.717) is 25.1 Å². The molecule has 0 bridgehead atoms. The van der Waals surface area contributed by atoms with Crippen molar-refractivity contribution in [1.82, 2.24) is 5.32 Å². The standard InChI is InChI=1S/C17H21NO5S/c1-22-16(15-4-3-11-23-15)12-18-17(19)10-7-13-5-8-14(9-6-13)24(2,20)21/h3-6,8-9,11,16H,7,10,12H2,1-2H3,(H,18,19)/t16-/m0/s1. The average molecular weight is 351 g/mol. The molecule has 1 N–H and O–H groups in total. The van der Waals surface area contributed by atoms with Gasteiger partial charge in [0.05, 0.1) is 17.7 Å². The zero-order valence-corrected chi connectivity index (χ0v) is 14.5. The van der Waals surface area contributed by atoms with Crippen molar-refractivity contribution in [3.63, 3.8) is 0 Å².